The zero-order valence-corrected chi connectivity index (χ0v) is 21.3. The fourth-order valence-corrected chi connectivity index (χ4v) is 5.81. The quantitative estimate of drug-likeness (QED) is 0.336. The van der Waals surface area contributed by atoms with Gasteiger partial charge in [-0.1, -0.05) is 18.0 Å². The van der Waals surface area contributed by atoms with Crippen molar-refractivity contribution in [2.75, 3.05) is 29.5 Å². The van der Waals surface area contributed by atoms with Crippen molar-refractivity contribution in [3.8, 4) is 11.3 Å². The van der Waals surface area contributed by atoms with Gasteiger partial charge in [0.1, 0.15) is 5.82 Å². The molecule has 38 heavy (non-hydrogen) atoms. The third-order valence-corrected chi connectivity index (χ3v) is 7.75. The first-order valence-corrected chi connectivity index (χ1v) is 13.0. The molecule has 5 N–H and O–H groups in total. The van der Waals surface area contributed by atoms with Gasteiger partial charge in [0.2, 0.25) is 11.8 Å². The lowest BCUT2D eigenvalue weighted by molar-refractivity contribution is -0.133. The van der Waals surface area contributed by atoms with Gasteiger partial charge in [-0.2, -0.15) is 0 Å². The van der Waals surface area contributed by atoms with Crippen LogP contribution in [0.25, 0.3) is 11.3 Å². The monoisotopic (exact) mass is 534 g/mol. The Bertz CT molecular complexity index is 1460. The summed E-state index contributed by atoms with van der Waals surface area (Å²) in [6.07, 6.45) is 3.74. The molecule has 4 heterocycles. The maximum absolute atomic E-state index is 14.0. The smallest absolute Gasteiger partial charge is 0.412 e. The first-order valence-electron chi connectivity index (χ1n) is 12.6. The Kier molecular flexibility index (Phi) is 5.98. The average molecular weight is 535 g/mol. The third-order valence-electron chi connectivity index (χ3n) is 7.52. The Morgan fingerprint density at radius 2 is 2.00 bits per heavy atom. The standard InChI is InChI=1S/C27H27ClN6O4/c28-15-5-8-20-19(11-15)27(38-26(37)33-20)9-10-34(14-27)25(36)18-3-1-2-4-23(35)31-21-12-16(29)6-7-17(21)22-13-30-24(18)32-22/h5-8,11-13,18H,1-4,9-10,14,29H2,(H,30,32)(H,31,35)(H,33,37)/t18-,27-/m0/s1. The molecule has 3 aromatic rings. The maximum atomic E-state index is 14.0. The van der Waals surface area contributed by atoms with E-state index in [9.17, 15) is 14.4 Å². The van der Waals surface area contributed by atoms with Gasteiger partial charge in [-0.25, -0.2) is 9.78 Å². The molecule has 10 nitrogen and oxygen atoms in total. The van der Waals surface area contributed by atoms with Crippen molar-refractivity contribution < 1.29 is 19.1 Å². The Labute approximate surface area is 223 Å². The van der Waals surface area contributed by atoms with Crippen molar-refractivity contribution in [3.63, 3.8) is 0 Å². The highest BCUT2D eigenvalue weighted by atomic mass is 35.5. The molecule has 2 bridgehead atoms. The molecule has 196 valence electrons. The molecule has 1 aromatic heterocycles. The number of carbonyl (C=O) groups is 3. The van der Waals surface area contributed by atoms with E-state index in [1.54, 1.807) is 41.4 Å². The van der Waals surface area contributed by atoms with Gasteiger partial charge in [0, 0.05) is 41.2 Å². The first kappa shape index (κ1) is 24.3. The lowest BCUT2D eigenvalue weighted by Gasteiger charge is -2.35. The normalized spacial score (nSPS) is 22.9. The van der Waals surface area contributed by atoms with Crippen LogP contribution in [0.1, 0.15) is 49.4 Å². The number of aromatic amines is 1. The SMILES string of the molecule is Nc1ccc2c(c1)NC(=O)CCCC[C@H](C(=O)N1CC[C@@]3(C1)OC(=O)Nc1ccc(Cl)cc13)c1ncc-2[nH]1. The molecule has 1 spiro atoms. The minimum Gasteiger partial charge on any atom is -0.436 e. The van der Waals surface area contributed by atoms with Gasteiger partial charge in [0.25, 0.3) is 0 Å². The summed E-state index contributed by atoms with van der Waals surface area (Å²) in [4.78, 5) is 48.5. The molecule has 0 radical (unpaired) electrons. The summed E-state index contributed by atoms with van der Waals surface area (Å²) < 4.78 is 5.80. The summed E-state index contributed by atoms with van der Waals surface area (Å²) >= 11 is 6.27. The Morgan fingerprint density at radius 3 is 2.87 bits per heavy atom. The number of halogens is 1. The second-order valence-corrected chi connectivity index (χ2v) is 10.5. The fraction of sp³-hybridized carbons (Fsp3) is 0.333. The number of carbonyl (C=O) groups excluding carboxylic acids is 3. The van der Waals surface area contributed by atoms with Crippen molar-refractivity contribution in [3.05, 3.63) is 59.0 Å². The van der Waals surface area contributed by atoms with Crippen LogP contribution in [0, 0.1) is 0 Å². The highest BCUT2D eigenvalue weighted by Gasteiger charge is 2.49. The number of hydrogen-bond donors (Lipinski definition) is 4. The molecule has 0 saturated carbocycles. The van der Waals surface area contributed by atoms with Crippen molar-refractivity contribution >= 4 is 46.6 Å². The summed E-state index contributed by atoms with van der Waals surface area (Å²) in [5.74, 6) is -0.173. The van der Waals surface area contributed by atoms with Crippen molar-refractivity contribution in [2.24, 2.45) is 0 Å². The lowest BCUT2D eigenvalue weighted by Crippen LogP contribution is -2.43. The van der Waals surface area contributed by atoms with Crippen LogP contribution in [0.4, 0.5) is 21.9 Å². The van der Waals surface area contributed by atoms with E-state index in [-0.39, 0.29) is 18.4 Å². The predicted octanol–water partition coefficient (Wildman–Crippen LogP) is 4.60. The van der Waals surface area contributed by atoms with Gasteiger partial charge >= 0.3 is 6.09 Å². The Hall–Kier alpha value is -4.05. The number of nitrogens with one attached hydrogen (secondary N) is 3. The number of H-pyrrole nitrogens is 1. The number of hydrogen-bond acceptors (Lipinski definition) is 6. The number of amides is 3. The summed E-state index contributed by atoms with van der Waals surface area (Å²) in [5, 5.41) is 6.20. The van der Waals surface area contributed by atoms with E-state index < -0.39 is 17.6 Å². The molecule has 3 amide bonds. The number of aromatic nitrogens is 2. The molecule has 0 aliphatic carbocycles. The molecule has 2 aromatic carbocycles. The van der Waals surface area contributed by atoms with E-state index in [0.29, 0.717) is 72.3 Å². The number of nitrogen functional groups attached to an aromatic ring is 1. The van der Waals surface area contributed by atoms with Gasteiger partial charge in [0.15, 0.2) is 5.60 Å². The van der Waals surface area contributed by atoms with E-state index in [0.717, 1.165) is 11.1 Å². The molecule has 0 unspecified atom stereocenters. The van der Waals surface area contributed by atoms with Gasteiger partial charge < -0.3 is 25.7 Å². The minimum absolute atomic E-state index is 0.0972. The van der Waals surface area contributed by atoms with E-state index in [1.165, 1.54) is 0 Å². The number of fused-ring (bicyclic) bond motifs is 6. The van der Waals surface area contributed by atoms with Crippen LogP contribution in [0.3, 0.4) is 0 Å². The van der Waals surface area contributed by atoms with Crippen molar-refractivity contribution in [2.45, 2.75) is 43.6 Å². The molecule has 2 atom stereocenters. The second-order valence-electron chi connectivity index (χ2n) is 10.0. The number of ether oxygens (including phenoxy) is 1. The van der Waals surface area contributed by atoms with Crippen LogP contribution in [0.2, 0.25) is 5.02 Å². The Balaban J connectivity index is 1.31. The van der Waals surface area contributed by atoms with Crippen LogP contribution < -0.4 is 16.4 Å². The molecule has 11 heteroatoms. The van der Waals surface area contributed by atoms with Crippen LogP contribution in [-0.2, 0) is 19.9 Å². The van der Waals surface area contributed by atoms with Crippen LogP contribution in [-0.4, -0.2) is 45.9 Å². The van der Waals surface area contributed by atoms with Crippen LogP contribution in [0.5, 0.6) is 0 Å². The van der Waals surface area contributed by atoms with Crippen molar-refractivity contribution in [1.82, 2.24) is 14.9 Å². The van der Waals surface area contributed by atoms with Gasteiger partial charge in [-0.05, 0) is 49.2 Å². The maximum Gasteiger partial charge on any atom is 0.412 e. The highest BCUT2D eigenvalue weighted by molar-refractivity contribution is 6.30. The van der Waals surface area contributed by atoms with Crippen LogP contribution in [0.15, 0.2) is 42.6 Å². The van der Waals surface area contributed by atoms with Gasteiger partial charge in [0.05, 0.1) is 35.7 Å². The van der Waals surface area contributed by atoms with Gasteiger partial charge in [-0.3, -0.25) is 14.9 Å². The molecule has 3 aliphatic rings. The predicted molar refractivity (Wildman–Crippen MR) is 143 cm³/mol. The lowest BCUT2D eigenvalue weighted by atomic mass is 9.90. The van der Waals surface area contributed by atoms with Crippen molar-refractivity contribution in [1.29, 1.82) is 0 Å². The van der Waals surface area contributed by atoms with E-state index in [1.807, 2.05) is 6.07 Å². The summed E-state index contributed by atoms with van der Waals surface area (Å²) in [6, 6.07) is 10.6. The van der Waals surface area contributed by atoms with E-state index in [2.05, 4.69) is 20.6 Å². The first-order chi connectivity index (χ1) is 18.3. The minimum atomic E-state index is -0.963. The number of likely N-dealkylation sites (tertiary alicyclic amines) is 1. The van der Waals surface area contributed by atoms with E-state index in [4.69, 9.17) is 22.1 Å². The number of benzene rings is 2. The molecular formula is C27H27ClN6O4. The fourth-order valence-electron chi connectivity index (χ4n) is 5.64. The number of rotatable bonds is 1. The third kappa shape index (κ3) is 4.34. The summed E-state index contributed by atoms with van der Waals surface area (Å²) in [6.45, 7) is 0.647. The highest BCUT2D eigenvalue weighted by Crippen LogP contribution is 2.44. The van der Waals surface area contributed by atoms with Crippen LogP contribution >= 0.6 is 11.6 Å². The number of nitrogens with zero attached hydrogens (tertiary/aromatic N) is 2. The molecule has 3 aliphatic heterocycles. The molecule has 1 saturated heterocycles. The Morgan fingerprint density at radius 1 is 1.13 bits per heavy atom. The molecule has 1 fully saturated rings. The molecular weight excluding hydrogens is 508 g/mol. The second kappa shape index (κ2) is 9.36. The number of anilines is 3. The molecule has 6 rings (SSSR count). The number of imidazole rings is 1. The largest absolute Gasteiger partial charge is 0.436 e. The average Bonchev–Trinajstić information content (AvgIpc) is 3.52. The zero-order chi connectivity index (χ0) is 26.4. The number of nitrogens with two attached hydrogens (primary N) is 1. The van der Waals surface area contributed by atoms with E-state index >= 15 is 0 Å². The topological polar surface area (TPSA) is 142 Å². The van der Waals surface area contributed by atoms with Gasteiger partial charge in [-0.15, -0.1) is 0 Å². The summed E-state index contributed by atoms with van der Waals surface area (Å²) in [5.41, 5.74) is 8.96. The zero-order valence-electron chi connectivity index (χ0n) is 20.6. The summed E-state index contributed by atoms with van der Waals surface area (Å²) in [7, 11) is 0.